The molecule has 4 rings (SSSR count). The molecule has 3 aromatic rings. The van der Waals surface area contributed by atoms with Gasteiger partial charge >= 0.3 is 0 Å². The number of nitrogens with zero attached hydrogens (tertiary/aromatic N) is 3. The van der Waals surface area contributed by atoms with Gasteiger partial charge in [0.1, 0.15) is 16.5 Å². The number of likely N-dealkylation sites (tertiary alicyclic amines) is 1. The van der Waals surface area contributed by atoms with Gasteiger partial charge in [-0.1, -0.05) is 30.3 Å². The first-order chi connectivity index (χ1) is 12.6. The summed E-state index contributed by atoms with van der Waals surface area (Å²) < 4.78 is 0. The number of rotatable bonds is 3. The summed E-state index contributed by atoms with van der Waals surface area (Å²) in [6, 6.07) is 12.9. The van der Waals surface area contributed by atoms with Crippen LogP contribution >= 0.6 is 11.3 Å². The van der Waals surface area contributed by atoms with Crippen molar-refractivity contribution >= 4 is 33.3 Å². The van der Waals surface area contributed by atoms with Crippen LogP contribution in [-0.2, 0) is 4.79 Å². The molecule has 6 heteroatoms. The van der Waals surface area contributed by atoms with Gasteiger partial charge in [-0.15, -0.1) is 11.3 Å². The maximum Gasteiger partial charge on any atom is 0.219 e. The highest BCUT2D eigenvalue weighted by Gasteiger charge is 2.22. The molecule has 1 aliphatic heterocycles. The third-order valence-corrected chi connectivity index (χ3v) is 5.92. The molecule has 1 aliphatic rings. The smallest absolute Gasteiger partial charge is 0.219 e. The molecule has 26 heavy (non-hydrogen) atoms. The second-order valence-electron chi connectivity index (χ2n) is 6.74. The predicted octanol–water partition coefficient (Wildman–Crippen LogP) is 4.09. The lowest BCUT2D eigenvalue weighted by atomic mass is 10.0. The lowest BCUT2D eigenvalue weighted by Gasteiger charge is -2.32. The molecule has 0 spiro atoms. The number of amides is 1. The van der Waals surface area contributed by atoms with Gasteiger partial charge in [0.05, 0.1) is 5.39 Å². The van der Waals surface area contributed by atoms with E-state index in [-0.39, 0.29) is 5.91 Å². The molecular weight excluding hydrogens is 344 g/mol. The summed E-state index contributed by atoms with van der Waals surface area (Å²) in [7, 11) is 0. The molecule has 134 valence electrons. The van der Waals surface area contributed by atoms with Crippen LogP contribution in [-0.4, -0.2) is 39.9 Å². The van der Waals surface area contributed by atoms with E-state index in [0.29, 0.717) is 6.04 Å². The number of nitrogens with one attached hydrogen (secondary N) is 1. The Morgan fingerprint density at radius 2 is 1.92 bits per heavy atom. The summed E-state index contributed by atoms with van der Waals surface area (Å²) in [6.45, 7) is 5.19. The molecule has 1 N–H and O–H groups in total. The summed E-state index contributed by atoms with van der Waals surface area (Å²) in [5, 5.41) is 4.68. The number of carbonyl (C=O) groups excluding carboxylic acids is 1. The van der Waals surface area contributed by atoms with Crippen LogP contribution in [0.2, 0.25) is 0 Å². The Labute approximate surface area is 157 Å². The Balaban J connectivity index is 1.61. The van der Waals surface area contributed by atoms with Gasteiger partial charge in [0.15, 0.2) is 0 Å². The lowest BCUT2D eigenvalue weighted by molar-refractivity contribution is -0.129. The van der Waals surface area contributed by atoms with Gasteiger partial charge in [0.25, 0.3) is 0 Å². The van der Waals surface area contributed by atoms with E-state index in [2.05, 4.69) is 45.6 Å². The van der Waals surface area contributed by atoms with Gasteiger partial charge in [-0.05, 0) is 31.4 Å². The van der Waals surface area contributed by atoms with Gasteiger partial charge in [-0.3, -0.25) is 4.79 Å². The fourth-order valence-electron chi connectivity index (χ4n) is 3.41. The van der Waals surface area contributed by atoms with Crippen molar-refractivity contribution in [1.82, 2.24) is 14.9 Å². The molecule has 0 saturated carbocycles. The molecule has 1 aromatic carbocycles. The monoisotopic (exact) mass is 366 g/mol. The molecule has 2 aromatic heterocycles. The highest BCUT2D eigenvalue weighted by molar-refractivity contribution is 7.21. The number of hydrogen-bond donors (Lipinski definition) is 1. The third-order valence-electron chi connectivity index (χ3n) is 4.84. The van der Waals surface area contributed by atoms with E-state index in [1.54, 1.807) is 18.3 Å². The average molecular weight is 366 g/mol. The van der Waals surface area contributed by atoms with Crippen LogP contribution in [0.3, 0.4) is 0 Å². The first-order valence-corrected chi connectivity index (χ1v) is 9.77. The number of anilines is 1. The van der Waals surface area contributed by atoms with Crippen molar-refractivity contribution in [1.29, 1.82) is 0 Å². The standard InChI is InChI=1S/C20H22N4OS/c1-13-21-19(23-16-8-10-24(11-9-16)14(2)25)17-12-18(26-20(17)22-13)15-6-4-3-5-7-15/h3-7,12,16H,8-11H2,1-2H3,(H,21,22,23). The second-order valence-corrected chi connectivity index (χ2v) is 7.77. The Morgan fingerprint density at radius 3 is 2.62 bits per heavy atom. The largest absolute Gasteiger partial charge is 0.367 e. The number of thiophene rings is 1. The Hall–Kier alpha value is -2.47. The van der Waals surface area contributed by atoms with Crippen LogP contribution < -0.4 is 5.32 Å². The molecule has 0 radical (unpaired) electrons. The quantitative estimate of drug-likeness (QED) is 0.758. The van der Waals surface area contributed by atoms with E-state index in [1.165, 1.54) is 10.4 Å². The summed E-state index contributed by atoms with van der Waals surface area (Å²) in [6.07, 6.45) is 1.89. The van der Waals surface area contributed by atoms with Gasteiger partial charge < -0.3 is 10.2 Å². The lowest BCUT2D eigenvalue weighted by Crippen LogP contribution is -2.41. The van der Waals surface area contributed by atoms with Crippen molar-refractivity contribution in [2.24, 2.45) is 0 Å². The average Bonchev–Trinajstić information content (AvgIpc) is 3.07. The number of benzene rings is 1. The van der Waals surface area contributed by atoms with Crippen molar-refractivity contribution in [3.8, 4) is 10.4 Å². The first kappa shape index (κ1) is 17.0. The fraction of sp³-hybridized carbons (Fsp3) is 0.350. The Bertz CT molecular complexity index is 930. The van der Waals surface area contributed by atoms with Gasteiger partial charge in [0, 0.05) is 30.9 Å². The molecule has 0 unspecified atom stereocenters. The normalized spacial score (nSPS) is 15.4. The second kappa shape index (κ2) is 7.03. The minimum absolute atomic E-state index is 0.161. The summed E-state index contributed by atoms with van der Waals surface area (Å²) in [5.74, 6) is 1.85. The summed E-state index contributed by atoms with van der Waals surface area (Å²) in [5.41, 5.74) is 1.20. The minimum Gasteiger partial charge on any atom is -0.367 e. The molecule has 1 saturated heterocycles. The van der Waals surface area contributed by atoms with Gasteiger partial charge in [-0.2, -0.15) is 0 Å². The number of fused-ring (bicyclic) bond motifs is 1. The van der Waals surface area contributed by atoms with Crippen LogP contribution in [0.15, 0.2) is 36.4 Å². The van der Waals surface area contributed by atoms with Gasteiger partial charge in [-0.25, -0.2) is 9.97 Å². The minimum atomic E-state index is 0.161. The van der Waals surface area contributed by atoms with E-state index in [1.807, 2.05) is 17.9 Å². The zero-order chi connectivity index (χ0) is 18.1. The van der Waals surface area contributed by atoms with Crippen molar-refractivity contribution in [3.05, 3.63) is 42.2 Å². The zero-order valence-electron chi connectivity index (χ0n) is 15.0. The van der Waals surface area contributed by atoms with E-state index in [0.717, 1.165) is 47.8 Å². The molecule has 1 amide bonds. The van der Waals surface area contributed by atoms with Gasteiger partial charge in [0.2, 0.25) is 5.91 Å². The maximum atomic E-state index is 11.5. The maximum absolute atomic E-state index is 11.5. The van der Waals surface area contributed by atoms with Crippen molar-refractivity contribution in [2.45, 2.75) is 32.7 Å². The van der Waals surface area contributed by atoms with Crippen molar-refractivity contribution in [3.63, 3.8) is 0 Å². The Morgan fingerprint density at radius 1 is 1.19 bits per heavy atom. The van der Waals surface area contributed by atoms with Crippen LogP contribution in [0.5, 0.6) is 0 Å². The zero-order valence-corrected chi connectivity index (χ0v) is 15.8. The van der Waals surface area contributed by atoms with Crippen LogP contribution in [0, 0.1) is 6.92 Å². The van der Waals surface area contributed by atoms with E-state index in [9.17, 15) is 4.79 Å². The van der Waals surface area contributed by atoms with E-state index >= 15 is 0 Å². The number of carbonyl (C=O) groups is 1. The number of aryl methyl sites for hydroxylation is 1. The highest BCUT2D eigenvalue weighted by atomic mass is 32.1. The van der Waals surface area contributed by atoms with Crippen LogP contribution in [0.25, 0.3) is 20.7 Å². The molecule has 1 fully saturated rings. The molecule has 0 bridgehead atoms. The van der Waals surface area contributed by atoms with E-state index < -0.39 is 0 Å². The molecule has 5 nitrogen and oxygen atoms in total. The highest BCUT2D eigenvalue weighted by Crippen LogP contribution is 2.35. The van der Waals surface area contributed by atoms with Crippen LogP contribution in [0.4, 0.5) is 5.82 Å². The molecular formula is C20H22N4OS. The summed E-state index contributed by atoms with van der Waals surface area (Å²) >= 11 is 1.70. The topological polar surface area (TPSA) is 58.1 Å². The Kier molecular flexibility index (Phi) is 4.59. The SMILES string of the molecule is CC(=O)N1CCC(Nc2nc(C)nc3sc(-c4ccccc4)cc23)CC1. The first-order valence-electron chi connectivity index (χ1n) is 8.96. The number of hydrogen-bond acceptors (Lipinski definition) is 5. The predicted molar refractivity (Wildman–Crippen MR) is 106 cm³/mol. The molecule has 0 aliphatic carbocycles. The molecule has 3 heterocycles. The summed E-state index contributed by atoms with van der Waals surface area (Å²) in [4.78, 5) is 24.9. The van der Waals surface area contributed by atoms with Crippen molar-refractivity contribution < 1.29 is 4.79 Å². The molecule has 0 atom stereocenters. The number of piperidine rings is 1. The third kappa shape index (κ3) is 3.42. The van der Waals surface area contributed by atoms with Crippen molar-refractivity contribution in [2.75, 3.05) is 18.4 Å². The number of aromatic nitrogens is 2. The van der Waals surface area contributed by atoms with E-state index in [4.69, 9.17) is 0 Å². The fourth-order valence-corrected chi connectivity index (χ4v) is 4.50. The van der Waals surface area contributed by atoms with Crippen LogP contribution in [0.1, 0.15) is 25.6 Å².